The van der Waals surface area contributed by atoms with Gasteiger partial charge in [0.2, 0.25) is 5.56 Å². The van der Waals surface area contributed by atoms with Gasteiger partial charge in [-0.1, -0.05) is 12.1 Å². The topological polar surface area (TPSA) is 51.1 Å². The molecule has 0 saturated heterocycles. The van der Waals surface area contributed by atoms with E-state index in [9.17, 15) is 9.59 Å². The maximum Gasteiger partial charge on any atom is 0.256 e. The number of aryl methyl sites for hydroxylation is 2. The van der Waals surface area contributed by atoms with E-state index in [0.717, 1.165) is 10.0 Å². The number of hydrogen-bond acceptors (Lipinski definition) is 2. The number of carbonyl (C=O) groups excluding carboxylic acids is 1. The summed E-state index contributed by atoms with van der Waals surface area (Å²) in [7, 11) is 1.64. The van der Waals surface area contributed by atoms with Crippen molar-refractivity contribution < 1.29 is 4.79 Å². The lowest BCUT2D eigenvalue weighted by Crippen LogP contribution is -2.18. The number of amides is 1. The lowest BCUT2D eigenvalue weighted by molar-refractivity contribution is 0.102. The van der Waals surface area contributed by atoms with Crippen molar-refractivity contribution in [2.75, 3.05) is 5.32 Å². The Labute approximate surface area is 119 Å². The molecule has 0 saturated carbocycles. The second-order valence-electron chi connectivity index (χ2n) is 4.26. The normalized spacial score (nSPS) is 10.3. The number of pyridine rings is 1. The molecule has 19 heavy (non-hydrogen) atoms. The zero-order chi connectivity index (χ0) is 14.0. The van der Waals surface area contributed by atoms with E-state index in [1.165, 1.54) is 10.6 Å². The summed E-state index contributed by atoms with van der Waals surface area (Å²) in [6.45, 7) is 1.92. The van der Waals surface area contributed by atoms with E-state index < -0.39 is 0 Å². The van der Waals surface area contributed by atoms with Crippen LogP contribution in [0.15, 0.2) is 45.8 Å². The molecule has 0 atom stereocenters. The highest BCUT2D eigenvalue weighted by Gasteiger charge is 2.11. The standard InChI is InChI=1S/C14H13BrN2O2/c1-9-4-3-5-11(13(9)15)14(19)16-10-6-7-12(18)17(2)8-10/h3-8H,1-2H3,(H,16,19). The summed E-state index contributed by atoms with van der Waals surface area (Å²) in [5, 5.41) is 2.77. The fourth-order valence-corrected chi connectivity index (χ4v) is 2.13. The fourth-order valence-electron chi connectivity index (χ4n) is 1.69. The molecule has 1 aromatic heterocycles. The first-order valence-electron chi connectivity index (χ1n) is 5.72. The van der Waals surface area contributed by atoms with Crippen LogP contribution in [0.2, 0.25) is 0 Å². The molecule has 1 aromatic carbocycles. The van der Waals surface area contributed by atoms with Gasteiger partial charge in [-0.05, 0) is 40.5 Å². The zero-order valence-electron chi connectivity index (χ0n) is 10.6. The minimum Gasteiger partial charge on any atom is -0.321 e. The molecule has 98 valence electrons. The van der Waals surface area contributed by atoms with Gasteiger partial charge >= 0.3 is 0 Å². The zero-order valence-corrected chi connectivity index (χ0v) is 12.2. The Balaban J connectivity index is 2.28. The Morgan fingerprint density at radius 3 is 2.68 bits per heavy atom. The van der Waals surface area contributed by atoms with Gasteiger partial charge in [-0.25, -0.2) is 0 Å². The summed E-state index contributed by atoms with van der Waals surface area (Å²) in [6.07, 6.45) is 1.59. The van der Waals surface area contributed by atoms with Crippen LogP contribution in [0, 0.1) is 6.92 Å². The first kappa shape index (κ1) is 13.5. The quantitative estimate of drug-likeness (QED) is 0.925. The van der Waals surface area contributed by atoms with Crippen LogP contribution >= 0.6 is 15.9 Å². The third kappa shape index (κ3) is 2.93. The third-order valence-corrected chi connectivity index (χ3v) is 3.83. The highest BCUT2D eigenvalue weighted by molar-refractivity contribution is 9.10. The maximum absolute atomic E-state index is 12.2. The van der Waals surface area contributed by atoms with Gasteiger partial charge in [0.1, 0.15) is 0 Å². The molecule has 4 nitrogen and oxygen atoms in total. The summed E-state index contributed by atoms with van der Waals surface area (Å²) in [5.41, 5.74) is 2.03. The van der Waals surface area contributed by atoms with Crippen molar-refractivity contribution in [3.05, 3.63) is 62.5 Å². The number of carbonyl (C=O) groups is 1. The Morgan fingerprint density at radius 2 is 2.00 bits per heavy atom. The molecule has 0 fully saturated rings. The number of halogens is 1. The third-order valence-electron chi connectivity index (χ3n) is 2.78. The van der Waals surface area contributed by atoms with Crippen molar-refractivity contribution in [3.8, 4) is 0 Å². The van der Waals surface area contributed by atoms with E-state index in [4.69, 9.17) is 0 Å². The van der Waals surface area contributed by atoms with Gasteiger partial charge in [-0.15, -0.1) is 0 Å². The molecule has 0 aliphatic rings. The highest BCUT2D eigenvalue weighted by Crippen LogP contribution is 2.21. The molecular formula is C14H13BrN2O2. The number of nitrogens with one attached hydrogen (secondary N) is 1. The molecule has 0 aliphatic carbocycles. The number of benzene rings is 1. The average Bonchev–Trinajstić information content (AvgIpc) is 2.37. The van der Waals surface area contributed by atoms with Gasteiger partial charge in [0.15, 0.2) is 0 Å². The monoisotopic (exact) mass is 320 g/mol. The maximum atomic E-state index is 12.2. The second kappa shape index (κ2) is 5.40. The van der Waals surface area contributed by atoms with Crippen molar-refractivity contribution in [3.63, 3.8) is 0 Å². The Morgan fingerprint density at radius 1 is 1.26 bits per heavy atom. The Hall–Kier alpha value is -1.88. The summed E-state index contributed by atoms with van der Waals surface area (Å²) in [4.78, 5) is 23.4. The molecule has 0 aliphatic heterocycles. The van der Waals surface area contributed by atoms with Crippen molar-refractivity contribution in [2.45, 2.75) is 6.92 Å². The molecule has 1 N–H and O–H groups in total. The first-order chi connectivity index (χ1) is 8.99. The molecule has 1 amide bonds. The molecular weight excluding hydrogens is 308 g/mol. The van der Waals surface area contributed by atoms with Crippen molar-refractivity contribution in [1.82, 2.24) is 4.57 Å². The molecule has 2 rings (SSSR count). The second-order valence-corrected chi connectivity index (χ2v) is 5.05. The number of anilines is 1. The van der Waals surface area contributed by atoms with Crippen LogP contribution in [0.1, 0.15) is 15.9 Å². The minimum absolute atomic E-state index is 0.116. The van der Waals surface area contributed by atoms with Crippen LogP contribution in [-0.2, 0) is 7.05 Å². The van der Waals surface area contributed by atoms with Crippen LogP contribution in [0.25, 0.3) is 0 Å². The molecule has 2 aromatic rings. The summed E-state index contributed by atoms with van der Waals surface area (Å²) >= 11 is 3.40. The largest absolute Gasteiger partial charge is 0.321 e. The van der Waals surface area contributed by atoms with Crippen LogP contribution in [0.4, 0.5) is 5.69 Å². The average molecular weight is 321 g/mol. The predicted molar refractivity (Wildman–Crippen MR) is 78.5 cm³/mol. The van der Waals surface area contributed by atoms with E-state index in [1.54, 1.807) is 25.4 Å². The lowest BCUT2D eigenvalue weighted by atomic mass is 10.1. The van der Waals surface area contributed by atoms with Gasteiger partial charge in [0, 0.05) is 23.8 Å². The molecule has 0 spiro atoms. The van der Waals surface area contributed by atoms with Gasteiger partial charge in [0.05, 0.1) is 11.3 Å². The summed E-state index contributed by atoms with van der Waals surface area (Å²) in [6, 6.07) is 8.50. The van der Waals surface area contributed by atoms with Crippen LogP contribution in [0.5, 0.6) is 0 Å². The van der Waals surface area contributed by atoms with Crippen LogP contribution < -0.4 is 10.9 Å². The molecule has 0 unspecified atom stereocenters. The summed E-state index contributed by atoms with van der Waals surface area (Å²) < 4.78 is 2.19. The number of rotatable bonds is 2. The van der Waals surface area contributed by atoms with Gasteiger partial charge in [0.25, 0.3) is 5.91 Å². The van der Waals surface area contributed by atoms with E-state index in [1.807, 2.05) is 19.1 Å². The smallest absolute Gasteiger partial charge is 0.256 e. The lowest BCUT2D eigenvalue weighted by Gasteiger charge is -2.09. The molecule has 5 heteroatoms. The Kier molecular flexibility index (Phi) is 3.85. The molecule has 1 heterocycles. The summed E-state index contributed by atoms with van der Waals surface area (Å²) in [5.74, 6) is -0.214. The number of aromatic nitrogens is 1. The van der Waals surface area contributed by atoms with Gasteiger partial charge < -0.3 is 9.88 Å². The predicted octanol–water partition coefficient (Wildman–Crippen LogP) is 2.71. The van der Waals surface area contributed by atoms with Crippen molar-refractivity contribution in [1.29, 1.82) is 0 Å². The highest BCUT2D eigenvalue weighted by atomic mass is 79.9. The van der Waals surface area contributed by atoms with Gasteiger partial charge in [-0.2, -0.15) is 0 Å². The minimum atomic E-state index is -0.214. The van der Waals surface area contributed by atoms with Crippen LogP contribution in [0.3, 0.4) is 0 Å². The fraction of sp³-hybridized carbons (Fsp3) is 0.143. The number of nitrogens with zero attached hydrogens (tertiary/aromatic N) is 1. The van der Waals surface area contributed by atoms with E-state index in [-0.39, 0.29) is 11.5 Å². The number of hydrogen-bond donors (Lipinski definition) is 1. The van der Waals surface area contributed by atoms with E-state index in [2.05, 4.69) is 21.2 Å². The van der Waals surface area contributed by atoms with Crippen molar-refractivity contribution >= 4 is 27.5 Å². The molecule has 0 radical (unpaired) electrons. The van der Waals surface area contributed by atoms with E-state index in [0.29, 0.717) is 11.3 Å². The van der Waals surface area contributed by atoms with E-state index >= 15 is 0 Å². The van der Waals surface area contributed by atoms with Crippen LogP contribution in [-0.4, -0.2) is 10.5 Å². The van der Waals surface area contributed by atoms with Crippen molar-refractivity contribution in [2.24, 2.45) is 7.05 Å². The van der Waals surface area contributed by atoms with Gasteiger partial charge in [-0.3, -0.25) is 9.59 Å². The SMILES string of the molecule is Cc1cccc(C(=O)Nc2ccc(=O)n(C)c2)c1Br. The Bertz CT molecular complexity index is 692. The first-order valence-corrected chi connectivity index (χ1v) is 6.51. The molecule has 0 bridgehead atoms.